The van der Waals surface area contributed by atoms with Crippen LogP contribution in [0.4, 0.5) is 0 Å². The fraction of sp³-hybridized carbons (Fsp3) is 0.214. The van der Waals surface area contributed by atoms with Crippen molar-refractivity contribution in [2.45, 2.75) is 13.5 Å². The van der Waals surface area contributed by atoms with Gasteiger partial charge in [0.25, 0.3) is 0 Å². The number of ether oxygens (including phenoxy) is 1. The van der Waals surface area contributed by atoms with E-state index in [1.165, 1.54) is 0 Å². The van der Waals surface area contributed by atoms with E-state index in [0.717, 1.165) is 27.6 Å². The average Bonchev–Trinajstić information content (AvgIpc) is 2.42. The van der Waals surface area contributed by atoms with E-state index in [1.54, 1.807) is 6.20 Å². The molecular formula is C14H13Br2ClN2O. The number of aromatic nitrogens is 1. The largest absolute Gasteiger partial charge is 0.436 e. The van der Waals surface area contributed by atoms with Gasteiger partial charge in [0.15, 0.2) is 0 Å². The first kappa shape index (κ1) is 15.8. The molecule has 0 spiro atoms. The number of halogens is 3. The average molecular weight is 421 g/mol. The topological polar surface area (TPSA) is 34.2 Å². The third-order valence-electron chi connectivity index (χ3n) is 2.54. The number of hydrogen-bond acceptors (Lipinski definition) is 3. The second-order valence-electron chi connectivity index (χ2n) is 4.09. The highest BCUT2D eigenvalue weighted by Crippen LogP contribution is 2.34. The first-order chi connectivity index (χ1) is 9.60. The fourth-order valence-corrected chi connectivity index (χ4v) is 2.92. The van der Waals surface area contributed by atoms with Gasteiger partial charge in [-0.3, -0.25) is 0 Å². The molecule has 0 unspecified atom stereocenters. The van der Waals surface area contributed by atoms with Crippen LogP contribution in [0.15, 0.2) is 39.4 Å². The standard InChI is InChI=1S/C14H13Br2ClN2O/c1-2-18-7-9-5-12(17)14(19-8-9)20-13-4-3-10(15)6-11(13)16/h3-6,8,18H,2,7H2,1H3. The molecule has 2 aromatic rings. The summed E-state index contributed by atoms with van der Waals surface area (Å²) < 4.78 is 7.53. The van der Waals surface area contributed by atoms with Crippen molar-refractivity contribution in [2.75, 3.05) is 6.54 Å². The third kappa shape index (κ3) is 4.19. The summed E-state index contributed by atoms with van der Waals surface area (Å²) in [5.74, 6) is 1.07. The summed E-state index contributed by atoms with van der Waals surface area (Å²) in [7, 11) is 0. The first-order valence-electron chi connectivity index (χ1n) is 6.08. The minimum absolute atomic E-state index is 0.398. The summed E-state index contributed by atoms with van der Waals surface area (Å²) in [4.78, 5) is 4.26. The summed E-state index contributed by atoms with van der Waals surface area (Å²) in [5, 5.41) is 3.72. The van der Waals surface area contributed by atoms with Crippen molar-refractivity contribution in [3.05, 3.63) is 50.0 Å². The molecule has 3 nitrogen and oxygen atoms in total. The lowest BCUT2D eigenvalue weighted by Crippen LogP contribution is -2.11. The van der Waals surface area contributed by atoms with Gasteiger partial charge in [-0.2, -0.15) is 0 Å². The molecule has 1 aromatic carbocycles. The van der Waals surface area contributed by atoms with Gasteiger partial charge in [0.05, 0.1) is 4.47 Å². The Labute approximate surface area is 140 Å². The van der Waals surface area contributed by atoms with E-state index in [1.807, 2.05) is 24.3 Å². The van der Waals surface area contributed by atoms with Gasteiger partial charge in [0.1, 0.15) is 10.8 Å². The van der Waals surface area contributed by atoms with Gasteiger partial charge >= 0.3 is 0 Å². The minimum atomic E-state index is 0.398. The molecule has 0 saturated heterocycles. The molecule has 0 atom stereocenters. The maximum atomic E-state index is 6.20. The molecule has 2 rings (SSSR count). The SMILES string of the molecule is CCNCc1cnc(Oc2ccc(Br)cc2Br)c(Cl)c1. The Morgan fingerprint density at radius 1 is 1.30 bits per heavy atom. The zero-order valence-electron chi connectivity index (χ0n) is 10.8. The van der Waals surface area contributed by atoms with Crippen molar-refractivity contribution in [2.24, 2.45) is 0 Å². The predicted molar refractivity (Wildman–Crippen MR) is 88.5 cm³/mol. The summed E-state index contributed by atoms with van der Waals surface area (Å²) in [6, 6.07) is 7.51. The highest BCUT2D eigenvalue weighted by Gasteiger charge is 2.09. The molecule has 0 amide bonds. The molecule has 0 saturated carbocycles. The van der Waals surface area contributed by atoms with Crippen LogP contribution in [0.2, 0.25) is 5.02 Å². The van der Waals surface area contributed by atoms with Crippen molar-refractivity contribution in [1.82, 2.24) is 10.3 Å². The number of rotatable bonds is 5. The Kier molecular flexibility index (Phi) is 5.84. The first-order valence-corrected chi connectivity index (χ1v) is 8.04. The molecule has 0 aliphatic rings. The maximum Gasteiger partial charge on any atom is 0.238 e. The van der Waals surface area contributed by atoms with Gasteiger partial charge in [-0.15, -0.1) is 0 Å². The number of nitrogens with one attached hydrogen (secondary N) is 1. The van der Waals surface area contributed by atoms with Crippen LogP contribution in [-0.4, -0.2) is 11.5 Å². The van der Waals surface area contributed by atoms with Crippen LogP contribution in [0.3, 0.4) is 0 Å². The Morgan fingerprint density at radius 3 is 2.75 bits per heavy atom. The number of nitrogens with zero attached hydrogens (tertiary/aromatic N) is 1. The van der Waals surface area contributed by atoms with Crippen molar-refractivity contribution >= 4 is 43.5 Å². The second-order valence-corrected chi connectivity index (χ2v) is 6.26. The van der Waals surface area contributed by atoms with Crippen LogP contribution < -0.4 is 10.1 Å². The number of pyridine rings is 1. The molecule has 20 heavy (non-hydrogen) atoms. The molecule has 6 heteroatoms. The Bertz CT molecular complexity index is 608. The molecule has 0 fully saturated rings. The number of hydrogen-bond donors (Lipinski definition) is 1. The van der Waals surface area contributed by atoms with Crippen molar-refractivity contribution < 1.29 is 4.74 Å². The van der Waals surface area contributed by atoms with Crippen molar-refractivity contribution in [3.63, 3.8) is 0 Å². The monoisotopic (exact) mass is 418 g/mol. The molecule has 0 aliphatic heterocycles. The molecule has 1 heterocycles. The molecule has 106 valence electrons. The fourth-order valence-electron chi connectivity index (χ4n) is 1.57. The molecular weight excluding hydrogens is 407 g/mol. The van der Waals surface area contributed by atoms with E-state index in [0.29, 0.717) is 16.7 Å². The lowest BCUT2D eigenvalue weighted by atomic mass is 10.3. The van der Waals surface area contributed by atoms with Gasteiger partial charge < -0.3 is 10.1 Å². The van der Waals surface area contributed by atoms with E-state index in [9.17, 15) is 0 Å². The molecule has 1 aromatic heterocycles. The van der Waals surface area contributed by atoms with Crippen LogP contribution in [-0.2, 0) is 6.54 Å². The summed E-state index contributed by atoms with van der Waals surface area (Å²) in [6.07, 6.45) is 1.76. The minimum Gasteiger partial charge on any atom is -0.436 e. The highest BCUT2D eigenvalue weighted by atomic mass is 79.9. The van der Waals surface area contributed by atoms with E-state index in [4.69, 9.17) is 16.3 Å². The van der Waals surface area contributed by atoms with Gasteiger partial charge in [-0.05, 0) is 52.3 Å². The van der Waals surface area contributed by atoms with Gasteiger partial charge in [0.2, 0.25) is 5.88 Å². The Balaban J connectivity index is 2.17. The van der Waals surface area contributed by atoms with Crippen molar-refractivity contribution in [1.29, 1.82) is 0 Å². The van der Waals surface area contributed by atoms with Gasteiger partial charge in [-0.1, -0.05) is 34.5 Å². The van der Waals surface area contributed by atoms with Crippen LogP contribution in [0.1, 0.15) is 12.5 Å². The zero-order chi connectivity index (χ0) is 14.5. The summed E-state index contributed by atoms with van der Waals surface area (Å²) >= 11 is 13.0. The second kappa shape index (κ2) is 7.41. The lowest BCUT2D eigenvalue weighted by Gasteiger charge is -2.10. The van der Waals surface area contributed by atoms with Crippen molar-refractivity contribution in [3.8, 4) is 11.6 Å². The molecule has 1 N–H and O–H groups in total. The van der Waals surface area contributed by atoms with Gasteiger partial charge in [0, 0.05) is 17.2 Å². The molecule has 0 bridgehead atoms. The Morgan fingerprint density at radius 2 is 2.10 bits per heavy atom. The molecule has 0 aliphatic carbocycles. The van der Waals surface area contributed by atoms with E-state index >= 15 is 0 Å². The zero-order valence-corrected chi connectivity index (χ0v) is 14.7. The van der Waals surface area contributed by atoms with Crippen LogP contribution >= 0.6 is 43.5 Å². The third-order valence-corrected chi connectivity index (χ3v) is 3.93. The predicted octanol–water partition coefficient (Wildman–Crippen LogP) is 5.16. The number of benzene rings is 1. The van der Waals surface area contributed by atoms with E-state index in [-0.39, 0.29) is 0 Å². The Hall–Kier alpha value is -0.620. The summed E-state index contributed by atoms with van der Waals surface area (Å²) in [6.45, 7) is 3.70. The van der Waals surface area contributed by atoms with E-state index < -0.39 is 0 Å². The quantitative estimate of drug-likeness (QED) is 0.725. The lowest BCUT2D eigenvalue weighted by molar-refractivity contribution is 0.459. The normalized spacial score (nSPS) is 10.6. The maximum absolute atomic E-state index is 6.20. The smallest absolute Gasteiger partial charge is 0.238 e. The molecule has 0 radical (unpaired) electrons. The van der Waals surface area contributed by atoms with Crippen LogP contribution in [0, 0.1) is 0 Å². The van der Waals surface area contributed by atoms with E-state index in [2.05, 4.69) is 49.1 Å². The summed E-state index contributed by atoms with van der Waals surface area (Å²) in [5.41, 5.74) is 1.03. The van der Waals surface area contributed by atoms with Crippen LogP contribution in [0.5, 0.6) is 11.6 Å². The van der Waals surface area contributed by atoms with Gasteiger partial charge in [-0.25, -0.2) is 4.98 Å². The highest BCUT2D eigenvalue weighted by molar-refractivity contribution is 9.11. The van der Waals surface area contributed by atoms with Crippen LogP contribution in [0.25, 0.3) is 0 Å².